The second-order valence-electron chi connectivity index (χ2n) is 7.47. The lowest BCUT2D eigenvalue weighted by Gasteiger charge is -2.41. The molecule has 0 aliphatic heterocycles. The zero-order valence-electron chi connectivity index (χ0n) is 14.8. The smallest absolute Gasteiger partial charge is 0.0360 e. The lowest BCUT2D eigenvalue weighted by Crippen LogP contribution is -2.31. The average Bonchev–Trinajstić information content (AvgIpc) is 2.45. The molecule has 0 nitrogen and oxygen atoms in total. The number of hydrogen-bond donors (Lipinski definition) is 0. The molecule has 0 aromatic rings. The summed E-state index contributed by atoms with van der Waals surface area (Å²) in [5, 5.41) is 0. The third kappa shape index (κ3) is 6.19. The Balaban J connectivity index is 2.34. The van der Waals surface area contributed by atoms with Crippen molar-refractivity contribution in [3.8, 4) is 0 Å². The highest BCUT2D eigenvalue weighted by molar-refractivity contribution is 4.83. The van der Waals surface area contributed by atoms with Gasteiger partial charge in [0.15, 0.2) is 0 Å². The Labute approximate surface area is 129 Å². The first-order chi connectivity index (χ1) is 9.72. The summed E-state index contributed by atoms with van der Waals surface area (Å²) < 4.78 is 0. The summed E-state index contributed by atoms with van der Waals surface area (Å²) in [6, 6.07) is 0. The summed E-state index contributed by atoms with van der Waals surface area (Å²) >= 11 is 0. The molecule has 0 N–H and O–H groups in total. The molecule has 0 aromatic heterocycles. The summed E-state index contributed by atoms with van der Waals surface area (Å²) in [6.45, 7) is 9.56. The zero-order valence-corrected chi connectivity index (χ0v) is 14.8. The van der Waals surface area contributed by atoms with E-state index in [2.05, 4.69) is 27.7 Å². The quantitative estimate of drug-likeness (QED) is 0.331. The van der Waals surface area contributed by atoms with Gasteiger partial charge in [0.25, 0.3) is 0 Å². The Morgan fingerprint density at radius 1 is 0.800 bits per heavy atom. The molecule has 0 aromatic carbocycles. The third-order valence-corrected chi connectivity index (χ3v) is 5.96. The van der Waals surface area contributed by atoms with Crippen molar-refractivity contribution in [1.29, 1.82) is 0 Å². The van der Waals surface area contributed by atoms with Crippen LogP contribution in [0.3, 0.4) is 0 Å². The van der Waals surface area contributed by atoms with Crippen molar-refractivity contribution in [2.75, 3.05) is 0 Å². The summed E-state index contributed by atoms with van der Waals surface area (Å²) in [5.74, 6) is 4.17. The molecule has 20 heavy (non-hydrogen) atoms. The Morgan fingerprint density at radius 2 is 1.55 bits per heavy atom. The van der Waals surface area contributed by atoms with Gasteiger partial charge in [-0.3, -0.25) is 0 Å². The van der Waals surface area contributed by atoms with Crippen LogP contribution in [0, 0.1) is 23.7 Å². The van der Waals surface area contributed by atoms with Gasteiger partial charge in [-0.2, -0.15) is 0 Å². The lowest BCUT2D eigenvalue weighted by atomic mass is 9.65. The normalized spacial score (nSPS) is 25.2. The van der Waals surface area contributed by atoms with Gasteiger partial charge in [0.1, 0.15) is 0 Å². The molecule has 120 valence electrons. The number of hydrogen-bond acceptors (Lipinski definition) is 0. The maximum atomic E-state index is 2.50. The molecule has 0 heteroatoms. The van der Waals surface area contributed by atoms with E-state index in [1.54, 1.807) is 0 Å². The molecule has 0 bridgehead atoms. The first-order valence-electron chi connectivity index (χ1n) is 9.72. The second kappa shape index (κ2) is 10.7. The van der Waals surface area contributed by atoms with Gasteiger partial charge in [-0.15, -0.1) is 0 Å². The molecular formula is C20H40. The fraction of sp³-hybridized carbons (Fsp3) is 1.00. The van der Waals surface area contributed by atoms with Gasteiger partial charge in [-0.05, 0) is 36.5 Å². The highest BCUT2D eigenvalue weighted by Gasteiger charge is 2.33. The van der Waals surface area contributed by atoms with E-state index in [1.807, 2.05) is 0 Å². The molecule has 0 radical (unpaired) electrons. The van der Waals surface area contributed by atoms with Gasteiger partial charge in [-0.25, -0.2) is 0 Å². The van der Waals surface area contributed by atoms with Crippen LogP contribution in [-0.2, 0) is 0 Å². The minimum absolute atomic E-state index is 1.01. The van der Waals surface area contributed by atoms with E-state index in [1.165, 1.54) is 77.0 Å². The number of unbranched alkanes of at least 4 members (excludes halogenated alkanes) is 3. The third-order valence-electron chi connectivity index (χ3n) is 5.96. The predicted octanol–water partition coefficient (Wildman–Crippen LogP) is 7.23. The second-order valence-corrected chi connectivity index (χ2v) is 7.47. The molecule has 0 saturated heterocycles. The van der Waals surface area contributed by atoms with Crippen molar-refractivity contribution in [3.05, 3.63) is 0 Å². The van der Waals surface area contributed by atoms with Gasteiger partial charge in [-0.1, -0.05) is 91.9 Å². The van der Waals surface area contributed by atoms with Crippen LogP contribution in [0.2, 0.25) is 0 Å². The Kier molecular flexibility index (Phi) is 9.65. The van der Waals surface area contributed by atoms with Gasteiger partial charge < -0.3 is 0 Å². The minimum atomic E-state index is 1.01. The molecule has 1 saturated carbocycles. The largest absolute Gasteiger partial charge is 0.0654 e. The topological polar surface area (TPSA) is 0 Å². The van der Waals surface area contributed by atoms with E-state index < -0.39 is 0 Å². The SMILES string of the molecule is CCCCCC(CCC(CC)CCCC)C1CCC1C. The zero-order chi connectivity index (χ0) is 14.8. The van der Waals surface area contributed by atoms with Crippen molar-refractivity contribution in [3.63, 3.8) is 0 Å². The molecule has 0 amide bonds. The summed E-state index contributed by atoms with van der Waals surface area (Å²) in [6.07, 6.45) is 17.6. The fourth-order valence-corrected chi connectivity index (χ4v) is 4.12. The summed E-state index contributed by atoms with van der Waals surface area (Å²) in [5.41, 5.74) is 0. The summed E-state index contributed by atoms with van der Waals surface area (Å²) in [4.78, 5) is 0. The maximum absolute atomic E-state index is 2.50. The van der Waals surface area contributed by atoms with Crippen molar-refractivity contribution in [2.45, 2.75) is 105 Å². The standard InChI is InChI=1S/C20H40/c1-5-8-10-12-19(20-16-13-17(20)4)15-14-18(7-3)11-9-6-2/h17-20H,5-16H2,1-4H3. The van der Waals surface area contributed by atoms with Crippen LogP contribution >= 0.6 is 0 Å². The van der Waals surface area contributed by atoms with Crippen LogP contribution in [0.5, 0.6) is 0 Å². The lowest BCUT2D eigenvalue weighted by molar-refractivity contribution is 0.0984. The average molecular weight is 281 g/mol. The monoisotopic (exact) mass is 280 g/mol. The molecule has 1 rings (SSSR count). The van der Waals surface area contributed by atoms with Crippen LogP contribution in [0.15, 0.2) is 0 Å². The van der Waals surface area contributed by atoms with E-state index in [0.29, 0.717) is 0 Å². The molecule has 1 fully saturated rings. The first kappa shape index (κ1) is 18.1. The predicted molar refractivity (Wildman–Crippen MR) is 92.1 cm³/mol. The maximum Gasteiger partial charge on any atom is -0.0360 e. The van der Waals surface area contributed by atoms with Crippen molar-refractivity contribution in [2.24, 2.45) is 23.7 Å². The molecule has 1 aliphatic rings. The molecule has 0 heterocycles. The Bertz CT molecular complexity index is 220. The van der Waals surface area contributed by atoms with E-state index in [-0.39, 0.29) is 0 Å². The fourth-order valence-electron chi connectivity index (χ4n) is 4.12. The molecular weight excluding hydrogens is 240 g/mol. The Hall–Kier alpha value is 0. The van der Waals surface area contributed by atoms with Gasteiger partial charge in [0.2, 0.25) is 0 Å². The van der Waals surface area contributed by atoms with E-state index >= 15 is 0 Å². The van der Waals surface area contributed by atoms with Crippen molar-refractivity contribution >= 4 is 0 Å². The van der Waals surface area contributed by atoms with E-state index in [0.717, 1.165) is 23.7 Å². The Morgan fingerprint density at radius 3 is 2.05 bits per heavy atom. The van der Waals surface area contributed by atoms with E-state index in [4.69, 9.17) is 0 Å². The highest BCUT2D eigenvalue weighted by Crippen LogP contribution is 2.43. The molecule has 1 aliphatic carbocycles. The summed E-state index contributed by atoms with van der Waals surface area (Å²) in [7, 11) is 0. The van der Waals surface area contributed by atoms with Crippen LogP contribution in [0.1, 0.15) is 105 Å². The van der Waals surface area contributed by atoms with Gasteiger partial charge in [0.05, 0.1) is 0 Å². The van der Waals surface area contributed by atoms with Gasteiger partial charge >= 0.3 is 0 Å². The highest BCUT2D eigenvalue weighted by atomic mass is 14.4. The number of rotatable bonds is 12. The molecule has 4 unspecified atom stereocenters. The van der Waals surface area contributed by atoms with Crippen LogP contribution in [0.4, 0.5) is 0 Å². The van der Waals surface area contributed by atoms with Crippen LogP contribution in [-0.4, -0.2) is 0 Å². The first-order valence-corrected chi connectivity index (χ1v) is 9.72. The van der Waals surface area contributed by atoms with Crippen LogP contribution in [0.25, 0.3) is 0 Å². The van der Waals surface area contributed by atoms with E-state index in [9.17, 15) is 0 Å². The molecule has 0 spiro atoms. The van der Waals surface area contributed by atoms with Crippen molar-refractivity contribution in [1.82, 2.24) is 0 Å². The molecule has 4 atom stereocenters. The van der Waals surface area contributed by atoms with Crippen LogP contribution < -0.4 is 0 Å². The minimum Gasteiger partial charge on any atom is -0.0654 e. The van der Waals surface area contributed by atoms with Gasteiger partial charge in [0, 0.05) is 0 Å². The van der Waals surface area contributed by atoms with Crippen molar-refractivity contribution < 1.29 is 0 Å².